The van der Waals surface area contributed by atoms with Gasteiger partial charge in [-0.05, 0) is 81.3 Å². The molecule has 2 aromatic heterocycles. The van der Waals surface area contributed by atoms with Gasteiger partial charge in [-0.2, -0.15) is 0 Å². The Balaban J connectivity index is 1.18. The fourth-order valence-corrected chi connectivity index (χ4v) is 4.23. The smallest absolute Gasteiger partial charge is 0.155 e. The summed E-state index contributed by atoms with van der Waals surface area (Å²) in [4.78, 5) is 2.56. The number of para-hydroxylation sites is 1. The third-order valence-electron chi connectivity index (χ3n) is 6.04. The van der Waals surface area contributed by atoms with E-state index in [0.29, 0.717) is 0 Å². The number of rotatable bonds is 7. The molecule has 1 aliphatic rings. The Labute approximate surface area is 182 Å². The molecular formula is C26H27N3O2. The monoisotopic (exact) mass is 413 g/mol. The van der Waals surface area contributed by atoms with Crippen molar-refractivity contribution in [2.45, 2.75) is 32.2 Å². The summed E-state index contributed by atoms with van der Waals surface area (Å²) in [6, 6.07) is 22.7. The molecule has 158 valence electrons. The second-order valence-corrected chi connectivity index (χ2v) is 8.21. The van der Waals surface area contributed by atoms with Gasteiger partial charge in [0.05, 0.1) is 12.3 Å². The quantitative estimate of drug-likeness (QED) is 0.358. The average molecular weight is 414 g/mol. The molecule has 1 atom stereocenters. The van der Waals surface area contributed by atoms with Crippen LogP contribution in [0, 0.1) is 0 Å². The van der Waals surface area contributed by atoms with Gasteiger partial charge in [0.2, 0.25) is 0 Å². The van der Waals surface area contributed by atoms with Crippen molar-refractivity contribution in [3.8, 4) is 28.5 Å². The van der Waals surface area contributed by atoms with Crippen molar-refractivity contribution in [3.05, 3.63) is 66.7 Å². The Morgan fingerprint density at radius 1 is 1.00 bits per heavy atom. The second kappa shape index (κ2) is 8.90. The topological polar surface area (TPSA) is 51.4 Å². The van der Waals surface area contributed by atoms with Crippen LogP contribution >= 0.6 is 0 Å². The van der Waals surface area contributed by atoms with Crippen LogP contribution in [0.5, 0.6) is 5.75 Å². The van der Waals surface area contributed by atoms with Crippen molar-refractivity contribution in [1.29, 1.82) is 0 Å². The molecule has 5 heteroatoms. The maximum atomic E-state index is 5.92. The zero-order valence-electron chi connectivity index (χ0n) is 17.8. The van der Waals surface area contributed by atoms with E-state index in [0.717, 1.165) is 65.0 Å². The number of furan rings is 1. The van der Waals surface area contributed by atoms with Crippen LogP contribution in [-0.2, 0) is 0 Å². The molecule has 0 saturated carbocycles. The van der Waals surface area contributed by atoms with Crippen LogP contribution in [0.3, 0.4) is 0 Å². The minimum atomic E-state index is 0.721. The van der Waals surface area contributed by atoms with Crippen molar-refractivity contribution in [2.24, 2.45) is 0 Å². The van der Waals surface area contributed by atoms with Crippen molar-refractivity contribution in [2.75, 3.05) is 19.7 Å². The van der Waals surface area contributed by atoms with Gasteiger partial charge in [-0.1, -0.05) is 18.2 Å². The molecule has 0 aliphatic carbocycles. The van der Waals surface area contributed by atoms with Crippen LogP contribution in [0.2, 0.25) is 0 Å². The van der Waals surface area contributed by atoms with Crippen LogP contribution in [0.25, 0.3) is 33.7 Å². The van der Waals surface area contributed by atoms with Crippen molar-refractivity contribution < 1.29 is 9.15 Å². The molecule has 0 N–H and O–H groups in total. The molecule has 0 bridgehead atoms. The lowest BCUT2D eigenvalue weighted by atomic mass is 10.1. The number of ether oxygens (including phenoxy) is 1. The fraction of sp³-hybridized carbons (Fsp3) is 0.308. The summed E-state index contributed by atoms with van der Waals surface area (Å²) >= 11 is 0. The molecular weight excluding hydrogens is 386 g/mol. The zero-order valence-corrected chi connectivity index (χ0v) is 17.8. The highest BCUT2D eigenvalue weighted by Crippen LogP contribution is 2.27. The van der Waals surface area contributed by atoms with E-state index in [9.17, 15) is 0 Å². The average Bonchev–Trinajstić information content (AvgIpc) is 3.43. The van der Waals surface area contributed by atoms with Crippen molar-refractivity contribution in [3.63, 3.8) is 0 Å². The summed E-state index contributed by atoms with van der Waals surface area (Å²) in [6.45, 7) is 5.41. The first-order valence-corrected chi connectivity index (χ1v) is 11.1. The summed E-state index contributed by atoms with van der Waals surface area (Å²) in [5, 5.41) is 9.83. The molecule has 5 nitrogen and oxygen atoms in total. The van der Waals surface area contributed by atoms with Crippen LogP contribution in [0.4, 0.5) is 0 Å². The van der Waals surface area contributed by atoms with E-state index in [1.165, 1.54) is 19.4 Å². The highest BCUT2D eigenvalue weighted by molar-refractivity contribution is 5.82. The summed E-state index contributed by atoms with van der Waals surface area (Å²) in [5.41, 5.74) is 3.43. The minimum Gasteiger partial charge on any atom is -0.494 e. The lowest BCUT2D eigenvalue weighted by Crippen LogP contribution is -2.28. The first kappa shape index (κ1) is 19.8. The molecule has 1 saturated heterocycles. The number of aromatic nitrogens is 2. The Hall–Kier alpha value is -3.18. The molecule has 31 heavy (non-hydrogen) atoms. The minimum absolute atomic E-state index is 0.721. The lowest BCUT2D eigenvalue weighted by molar-refractivity contribution is 0.230. The SMILES string of the molecule is C[C@@H]1CCCN1CCCOc1ccc(-c2ccc(-c3cc4ccccc4o3)nn2)cc1. The highest BCUT2D eigenvalue weighted by Gasteiger charge is 2.19. The maximum absolute atomic E-state index is 5.92. The zero-order chi connectivity index (χ0) is 21.0. The van der Waals surface area contributed by atoms with E-state index in [2.05, 4.69) is 22.0 Å². The first-order chi connectivity index (χ1) is 15.3. The number of likely N-dealkylation sites (tertiary alicyclic amines) is 1. The van der Waals surface area contributed by atoms with Gasteiger partial charge in [-0.25, -0.2) is 0 Å². The van der Waals surface area contributed by atoms with E-state index >= 15 is 0 Å². The summed E-state index contributed by atoms with van der Waals surface area (Å²) in [5.74, 6) is 1.62. The number of fused-ring (bicyclic) bond motifs is 1. The van der Waals surface area contributed by atoms with Gasteiger partial charge in [0.1, 0.15) is 17.0 Å². The Morgan fingerprint density at radius 3 is 2.55 bits per heavy atom. The van der Waals surface area contributed by atoms with Gasteiger partial charge in [0.15, 0.2) is 5.76 Å². The van der Waals surface area contributed by atoms with E-state index in [4.69, 9.17) is 9.15 Å². The van der Waals surface area contributed by atoms with E-state index in [-0.39, 0.29) is 0 Å². The van der Waals surface area contributed by atoms with Crippen LogP contribution < -0.4 is 4.74 Å². The largest absolute Gasteiger partial charge is 0.494 e. The van der Waals surface area contributed by atoms with Crippen molar-refractivity contribution >= 4 is 11.0 Å². The summed E-state index contributed by atoms with van der Waals surface area (Å²) < 4.78 is 11.8. The van der Waals surface area contributed by atoms with Crippen LogP contribution in [-0.4, -0.2) is 40.8 Å². The van der Waals surface area contributed by atoms with Gasteiger partial charge >= 0.3 is 0 Å². The predicted molar refractivity (Wildman–Crippen MR) is 123 cm³/mol. The molecule has 5 rings (SSSR count). The van der Waals surface area contributed by atoms with E-state index in [1.807, 2.05) is 66.7 Å². The highest BCUT2D eigenvalue weighted by atomic mass is 16.5. The normalized spacial score (nSPS) is 16.7. The maximum Gasteiger partial charge on any atom is 0.155 e. The predicted octanol–water partition coefficient (Wildman–Crippen LogP) is 5.81. The number of hydrogen-bond acceptors (Lipinski definition) is 5. The summed E-state index contributed by atoms with van der Waals surface area (Å²) in [7, 11) is 0. The Kier molecular flexibility index (Phi) is 5.67. The third-order valence-corrected chi connectivity index (χ3v) is 6.04. The van der Waals surface area contributed by atoms with E-state index < -0.39 is 0 Å². The molecule has 2 aromatic carbocycles. The molecule has 4 aromatic rings. The van der Waals surface area contributed by atoms with Gasteiger partial charge in [0.25, 0.3) is 0 Å². The van der Waals surface area contributed by atoms with E-state index in [1.54, 1.807) is 0 Å². The van der Waals surface area contributed by atoms with Crippen LogP contribution in [0.15, 0.2) is 71.1 Å². The first-order valence-electron chi connectivity index (χ1n) is 11.1. The summed E-state index contributed by atoms with van der Waals surface area (Å²) in [6.07, 6.45) is 3.71. The molecule has 1 aliphatic heterocycles. The van der Waals surface area contributed by atoms with Gasteiger partial charge in [0, 0.05) is 23.5 Å². The van der Waals surface area contributed by atoms with Crippen LogP contribution in [0.1, 0.15) is 26.2 Å². The van der Waals surface area contributed by atoms with Gasteiger partial charge < -0.3 is 14.1 Å². The second-order valence-electron chi connectivity index (χ2n) is 8.21. The molecule has 1 fully saturated rings. The standard InChI is InChI=1S/C26H27N3O2/c1-19-6-4-15-29(19)16-5-17-30-22-11-9-20(10-12-22)23-13-14-24(28-27-23)26-18-21-7-2-3-8-25(21)31-26/h2-3,7-14,18-19H,4-6,15-17H2,1H3/t19-/m1/s1. The Morgan fingerprint density at radius 2 is 1.81 bits per heavy atom. The van der Waals surface area contributed by atoms with Gasteiger partial charge in [-0.15, -0.1) is 10.2 Å². The fourth-order valence-electron chi connectivity index (χ4n) is 4.23. The lowest BCUT2D eigenvalue weighted by Gasteiger charge is -2.20. The molecule has 0 unspecified atom stereocenters. The Bertz CT molecular complexity index is 1100. The van der Waals surface area contributed by atoms with Gasteiger partial charge in [-0.3, -0.25) is 0 Å². The molecule has 0 spiro atoms. The number of hydrogen-bond donors (Lipinski definition) is 0. The number of benzene rings is 2. The van der Waals surface area contributed by atoms with Crippen molar-refractivity contribution in [1.82, 2.24) is 15.1 Å². The molecule has 0 amide bonds. The molecule has 0 radical (unpaired) electrons. The number of nitrogens with zero attached hydrogens (tertiary/aromatic N) is 3. The molecule has 3 heterocycles. The third kappa shape index (κ3) is 4.47.